The third-order valence-electron chi connectivity index (χ3n) is 1.45. The highest BCUT2D eigenvalue weighted by atomic mass is 16.7. The topological polar surface area (TPSA) is 24.5 Å². The van der Waals surface area contributed by atoms with Crippen molar-refractivity contribution in [1.82, 2.24) is 10.4 Å². The van der Waals surface area contributed by atoms with E-state index in [1.165, 1.54) is 0 Å². The number of hydrogen-bond donors (Lipinski definition) is 1. The molecule has 1 rings (SSSR count). The van der Waals surface area contributed by atoms with Crippen LogP contribution in [0.5, 0.6) is 0 Å². The van der Waals surface area contributed by atoms with E-state index < -0.39 is 0 Å². The van der Waals surface area contributed by atoms with Gasteiger partial charge in [0.15, 0.2) is 0 Å². The Kier molecular flexibility index (Phi) is 3.43. The van der Waals surface area contributed by atoms with Crippen LogP contribution in [0.3, 0.4) is 0 Å². The highest BCUT2D eigenvalue weighted by Gasteiger charge is 2.07. The van der Waals surface area contributed by atoms with Gasteiger partial charge in [0.1, 0.15) is 0 Å². The molecule has 0 atom stereocenters. The number of nitrogens with one attached hydrogen (secondary N) is 1. The van der Waals surface area contributed by atoms with E-state index in [4.69, 9.17) is 4.84 Å². The molecular formula is C7H14N2O. The zero-order valence-corrected chi connectivity index (χ0v) is 6.18. The first-order valence-corrected chi connectivity index (χ1v) is 3.63. The van der Waals surface area contributed by atoms with Gasteiger partial charge in [-0.3, -0.25) is 4.84 Å². The van der Waals surface area contributed by atoms with E-state index in [0.29, 0.717) is 6.61 Å². The molecule has 1 N–H and O–H groups in total. The van der Waals surface area contributed by atoms with E-state index in [-0.39, 0.29) is 0 Å². The monoisotopic (exact) mass is 142 g/mol. The molecule has 0 spiro atoms. The average molecular weight is 142 g/mol. The Morgan fingerprint density at radius 3 is 2.80 bits per heavy atom. The van der Waals surface area contributed by atoms with E-state index in [1.807, 2.05) is 5.06 Å². The van der Waals surface area contributed by atoms with Crippen LogP contribution in [0.1, 0.15) is 0 Å². The van der Waals surface area contributed by atoms with Gasteiger partial charge in [-0.05, 0) is 0 Å². The molecule has 0 radical (unpaired) electrons. The third-order valence-corrected chi connectivity index (χ3v) is 1.45. The Morgan fingerprint density at radius 1 is 1.50 bits per heavy atom. The zero-order valence-electron chi connectivity index (χ0n) is 6.18. The fraction of sp³-hybridized carbons (Fsp3) is 0.714. The van der Waals surface area contributed by atoms with Gasteiger partial charge in [-0.15, -0.1) is 6.58 Å². The number of hydroxylamine groups is 2. The lowest BCUT2D eigenvalue weighted by atomic mass is 10.4. The van der Waals surface area contributed by atoms with Crippen molar-refractivity contribution in [2.24, 2.45) is 0 Å². The Labute approximate surface area is 61.6 Å². The fourth-order valence-electron chi connectivity index (χ4n) is 0.932. The second-order valence-corrected chi connectivity index (χ2v) is 2.26. The van der Waals surface area contributed by atoms with Crippen LogP contribution in [0.25, 0.3) is 0 Å². The second kappa shape index (κ2) is 4.44. The third kappa shape index (κ3) is 2.47. The van der Waals surface area contributed by atoms with Gasteiger partial charge < -0.3 is 5.32 Å². The summed E-state index contributed by atoms with van der Waals surface area (Å²) in [5.74, 6) is 0. The number of piperazine rings is 1. The Bertz CT molecular complexity index is 99.8. The molecular weight excluding hydrogens is 128 g/mol. The molecule has 1 saturated heterocycles. The van der Waals surface area contributed by atoms with E-state index >= 15 is 0 Å². The van der Waals surface area contributed by atoms with Crippen LogP contribution >= 0.6 is 0 Å². The first kappa shape index (κ1) is 7.72. The molecule has 0 amide bonds. The summed E-state index contributed by atoms with van der Waals surface area (Å²) in [5, 5.41) is 5.21. The lowest BCUT2D eigenvalue weighted by Crippen LogP contribution is -2.43. The van der Waals surface area contributed by atoms with Crippen molar-refractivity contribution >= 4 is 0 Å². The van der Waals surface area contributed by atoms with Crippen molar-refractivity contribution in [3.8, 4) is 0 Å². The van der Waals surface area contributed by atoms with Crippen LogP contribution in [0, 0.1) is 0 Å². The van der Waals surface area contributed by atoms with Gasteiger partial charge in [0.25, 0.3) is 0 Å². The van der Waals surface area contributed by atoms with Gasteiger partial charge in [0.2, 0.25) is 0 Å². The molecule has 58 valence electrons. The highest BCUT2D eigenvalue weighted by Crippen LogP contribution is 1.92. The fourth-order valence-corrected chi connectivity index (χ4v) is 0.932. The average Bonchev–Trinajstić information content (AvgIpc) is 2.03. The molecule has 1 heterocycles. The van der Waals surface area contributed by atoms with Gasteiger partial charge >= 0.3 is 0 Å². The minimum Gasteiger partial charge on any atom is -0.314 e. The summed E-state index contributed by atoms with van der Waals surface area (Å²) < 4.78 is 0. The lowest BCUT2D eigenvalue weighted by molar-refractivity contribution is -0.153. The first-order valence-electron chi connectivity index (χ1n) is 3.63. The largest absolute Gasteiger partial charge is 0.314 e. The summed E-state index contributed by atoms with van der Waals surface area (Å²) in [6, 6.07) is 0. The molecule has 0 aliphatic carbocycles. The molecule has 0 aromatic heterocycles. The van der Waals surface area contributed by atoms with E-state index in [0.717, 1.165) is 26.2 Å². The highest BCUT2D eigenvalue weighted by molar-refractivity contribution is 4.65. The van der Waals surface area contributed by atoms with Crippen LogP contribution in [0.2, 0.25) is 0 Å². The van der Waals surface area contributed by atoms with Crippen molar-refractivity contribution in [3.05, 3.63) is 12.7 Å². The summed E-state index contributed by atoms with van der Waals surface area (Å²) >= 11 is 0. The van der Waals surface area contributed by atoms with Gasteiger partial charge in [0.05, 0.1) is 6.61 Å². The maximum Gasteiger partial charge on any atom is 0.0864 e. The standard InChI is InChI=1S/C7H14N2O/c1-2-7-10-9-5-3-8-4-6-9/h2,8H,1,3-7H2. The smallest absolute Gasteiger partial charge is 0.0864 e. The van der Waals surface area contributed by atoms with Crippen LogP contribution in [0.4, 0.5) is 0 Å². The zero-order chi connectivity index (χ0) is 7.23. The molecule has 0 saturated carbocycles. The van der Waals surface area contributed by atoms with Crippen LogP contribution < -0.4 is 5.32 Å². The Hall–Kier alpha value is -0.380. The number of hydrogen-bond acceptors (Lipinski definition) is 3. The molecule has 0 aromatic carbocycles. The molecule has 0 unspecified atom stereocenters. The summed E-state index contributed by atoms with van der Waals surface area (Å²) in [6.45, 7) is 8.21. The molecule has 3 heteroatoms. The SMILES string of the molecule is C=CCON1CCNCC1. The van der Waals surface area contributed by atoms with Crippen molar-refractivity contribution in [1.29, 1.82) is 0 Å². The lowest BCUT2D eigenvalue weighted by Gasteiger charge is -2.25. The summed E-state index contributed by atoms with van der Waals surface area (Å²) in [6.07, 6.45) is 1.77. The van der Waals surface area contributed by atoms with E-state index in [2.05, 4.69) is 11.9 Å². The molecule has 0 bridgehead atoms. The van der Waals surface area contributed by atoms with Crippen LogP contribution in [0.15, 0.2) is 12.7 Å². The van der Waals surface area contributed by atoms with Crippen molar-refractivity contribution in [2.45, 2.75) is 0 Å². The predicted octanol–water partition coefficient (Wildman–Crippen LogP) is 0.00920. The maximum absolute atomic E-state index is 5.31. The summed E-state index contributed by atoms with van der Waals surface area (Å²) in [5.41, 5.74) is 0. The minimum absolute atomic E-state index is 0.625. The van der Waals surface area contributed by atoms with Crippen molar-refractivity contribution in [2.75, 3.05) is 32.8 Å². The van der Waals surface area contributed by atoms with Crippen molar-refractivity contribution in [3.63, 3.8) is 0 Å². The molecule has 3 nitrogen and oxygen atoms in total. The molecule has 1 fully saturated rings. The summed E-state index contributed by atoms with van der Waals surface area (Å²) in [4.78, 5) is 5.31. The molecule has 10 heavy (non-hydrogen) atoms. The van der Waals surface area contributed by atoms with Gasteiger partial charge in [-0.2, -0.15) is 5.06 Å². The molecule has 1 aliphatic rings. The van der Waals surface area contributed by atoms with E-state index in [9.17, 15) is 0 Å². The predicted molar refractivity (Wildman–Crippen MR) is 40.6 cm³/mol. The van der Waals surface area contributed by atoms with Crippen LogP contribution in [-0.4, -0.2) is 37.8 Å². The first-order chi connectivity index (χ1) is 4.93. The second-order valence-electron chi connectivity index (χ2n) is 2.26. The normalized spacial score (nSPS) is 20.8. The van der Waals surface area contributed by atoms with Gasteiger partial charge in [0, 0.05) is 26.2 Å². The van der Waals surface area contributed by atoms with Crippen molar-refractivity contribution < 1.29 is 4.84 Å². The Balaban J connectivity index is 2.07. The van der Waals surface area contributed by atoms with Crippen LogP contribution in [-0.2, 0) is 4.84 Å². The maximum atomic E-state index is 5.31. The minimum atomic E-state index is 0.625. The Morgan fingerprint density at radius 2 is 2.20 bits per heavy atom. The van der Waals surface area contributed by atoms with E-state index in [1.54, 1.807) is 6.08 Å². The molecule has 0 aromatic rings. The number of nitrogens with zero attached hydrogens (tertiary/aromatic N) is 1. The summed E-state index contributed by atoms with van der Waals surface area (Å²) in [7, 11) is 0. The van der Waals surface area contributed by atoms with Gasteiger partial charge in [-0.25, -0.2) is 0 Å². The quantitative estimate of drug-likeness (QED) is 0.562. The molecule has 1 aliphatic heterocycles. The van der Waals surface area contributed by atoms with Gasteiger partial charge in [-0.1, -0.05) is 6.08 Å². The number of rotatable bonds is 3.